The average molecular weight is 330 g/mol. The van der Waals surface area contributed by atoms with Crippen LogP contribution in [0.3, 0.4) is 0 Å². The first kappa shape index (κ1) is 15.5. The quantitative estimate of drug-likeness (QED) is 0.493. The lowest BCUT2D eigenvalue weighted by Crippen LogP contribution is -2.11. The Labute approximate surface area is 146 Å². The first-order chi connectivity index (χ1) is 12.3. The van der Waals surface area contributed by atoms with Crippen molar-refractivity contribution >= 4 is 5.78 Å². The second-order valence-electron chi connectivity index (χ2n) is 5.93. The van der Waals surface area contributed by atoms with Crippen molar-refractivity contribution in [1.29, 1.82) is 0 Å². The lowest BCUT2D eigenvalue weighted by atomic mass is 9.94. The maximum absolute atomic E-state index is 13.0. The Morgan fingerprint density at radius 3 is 2.52 bits per heavy atom. The molecule has 3 heteroatoms. The van der Waals surface area contributed by atoms with E-state index in [4.69, 9.17) is 9.47 Å². The van der Waals surface area contributed by atoms with E-state index in [1.165, 1.54) is 0 Å². The van der Waals surface area contributed by atoms with Crippen LogP contribution in [0.4, 0.5) is 0 Å². The normalized spacial score (nSPS) is 11.9. The van der Waals surface area contributed by atoms with E-state index in [1.807, 2.05) is 67.6 Å². The van der Waals surface area contributed by atoms with Gasteiger partial charge in [-0.2, -0.15) is 0 Å². The highest BCUT2D eigenvalue weighted by molar-refractivity contribution is 6.11. The van der Waals surface area contributed by atoms with Crippen LogP contribution in [0.2, 0.25) is 0 Å². The lowest BCUT2D eigenvalue weighted by Gasteiger charge is -2.24. The molecule has 0 aromatic heterocycles. The highest BCUT2D eigenvalue weighted by Crippen LogP contribution is 2.42. The number of ether oxygens (including phenoxy) is 2. The molecule has 0 radical (unpaired) electrons. The summed E-state index contributed by atoms with van der Waals surface area (Å²) in [5.41, 5.74) is 3.26. The van der Waals surface area contributed by atoms with Gasteiger partial charge >= 0.3 is 0 Å². The number of rotatable bonds is 4. The minimum absolute atomic E-state index is 0.0364. The molecular formula is C22H18O3. The number of carbonyl (C=O) groups excluding carboxylic acids is 1. The minimum atomic E-state index is -0.0364. The average Bonchev–Trinajstić information content (AvgIpc) is 2.67. The van der Waals surface area contributed by atoms with E-state index >= 15 is 0 Å². The second-order valence-corrected chi connectivity index (χ2v) is 5.93. The Morgan fingerprint density at radius 1 is 0.960 bits per heavy atom. The molecule has 0 atom stereocenters. The fourth-order valence-corrected chi connectivity index (χ4v) is 3.16. The van der Waals surface area contributed by atoms with Gasteiger partial charge in [0.05, 0.1) is 12.2 Å². The molecule has 1 aliphatic rings. The van der Waals surface area contributed by atoms with Crippen molar-refractivity contribution in [3.63, 3.8) is 0 Å². The van der Waals surface area contributed by atoms with Crippen molar-refractivity contribution in [2.45, 2.75) is 13.3 Å². The van der Waals surface area contributed by atoms with Gasteiger partial charge in [-0.25, -0.2) is 0 Å². The van der Waals surface area contributed by atoms with E-state index < -0.39 is 0 Å². The SMILES string of the molecule is CCOc1c(C(=O)c2ccccc2)ccc2c1Cc1ccccc1O2. The molecule has 0 bridgehead atoms. The Hall–Kier alpha value is -3.07. The molecule has 0 unspecified atom stereocenters. The smallest absolute Gasteiger partial charge is 0.196 e. The summed E-state index contributed by atoms with van der Waals surface area (Å²) in [6, 6.07) is 20.9. The molecule has 0 spiro atoms. The number of ketones is 1. The fourth-order valence-electron chi connectivity index (χ4n) is 3.16. The van der Waals surface area contributed by atoms with Crippen molar-refractivity contribution < 1.29 is 14.3 Å². The summed E-state index contributed by atoms with van der Waals surface area (Å²) in [6.07, 6.45) is 0.691. The van der Waals surface area contributed by atoms with Gasteiger partial charge in [0.2, 0.25) is 0 Å². The van der Waals surface area contributed by atoms with Crippen LogP contribution in [0.1, 0.15) is 34.0 Å². The third-order valence-corrected chi connectivity index (χ3v) is 4.35. The van der Waals surface area contributed by atoms with Gasteiger partial charge in [0.25, 0.3) is 0 Å². The van der Waals surface area contributed by atoms with E-state index in [1.54, 1.807) is 6.07 Å². The maximum Gasteiger partial charge on any atom is 0.196 e. The summed E-state index contributed by atoms with van der Waals surface area (Å²) in [7, 11) is 0. The molecule has 0 amide bonds. The van der Waals surface area contributed by atoms with Crippen LogP contribution < -0.4 is 9.47 Å². The topological polar surface area (TPSA) is 35.5 Å². The Balaban J connectivity index is 1.81. The summed E-state index contributed by atoms with van der Waals surface area (Å²) in [5, 5.41) is 0. The third-order valence-electron chi connectivity index (χ3n) is 4.35. The standard InChI is InChI=1S/C22H18O3/c1-2-24-22-17(21(23)15-8-4-3-5-9-15)12-13-20-18(22)14-16-10-6-7-11-19(16)25-20/h3-13H,2,14H2,1H3. The number of carbonyl (C=O) groups is 1. The molecule has 25 heavy (non-hydrogen) atoms. The summed E-state index contributed by atoms with van der Waals surface area (Å²) in [6.45, 7) is 2.42. The van der Waals surface area contributed by atoms with Crippen LogP contribution in [0.15, 0.2) is 66.7 Å². The molecule has 0 fully saturated rings. The zero-order chi connectivity index (χ0) is 17.2. The molecule has 3 aromatic carbocycles. The number of benzene rings is 3. The van der Waals surface area contributed by atoms with Crippen molar-refractivity contribution in [2.24, 2.45) is 0 Å². The van der Waals surface area contributed by atoms with Gasteiger partial charge < -0.3 is 9.47 Å². The number of para-hydroxylation sites is 1. The Kier molecular flexibility index (Phi) is 3.98. The monoisotopic (exact) mass is 330 g/mol. The molecule has 0 N–H and O–H groups in total. The molecular weight excluding hydrogens is 312 g/mol. The predicted octanol–water partition coefficient (Wildman–Crippen LogP) is 5.01. The summed E-state index contributed by atoms with van der Waals surface area (Å²) < 4.78 is 11.9. The molecule has 4 rings (SSSR count). The minimum Gasteiger partial charge on any atom is -0.493 e. The third kappa shape index (κ3) is 2.78. The number of hydrogen-bond donors (Lipinski definition) is 0. The molecule has 1 heterocycles. The summed E-state index contributed by atoms with van der Waals surface area (Å²) in [5.74, 6) is 2.21. The van der Waals surface area contributed by atoms with Gasteiger partial charge in [-0.05, 0) is 30.7 Å². The lowest BCUT2D eigenvalue weighted by molar-refractivity contribution is 0.103. The van der Waals surface area contributed by atoms with Crippen LogP contribution in [0.5, 0.6) is 17.2 Å². The summed E-state index contributed by atoms with van der Waals surface area (Å²) >= 11 is 0. The Bertz CT molecular complexity index is 929. The number of hydrogen-bond acceptors (Lipinski definition) is 3. The second kappa shape index (κ2) is 6.44. The highest BCUT2D eigenvalue weighted by Gasteiger charge is 2.25. The van der Waals surface area contributed by atoms with E-state index in [0.717, 1.165) is 22.6 Å². The first-order valence-electron chi connectivity index (χ1n) is 8.42. The molecule has 0 saturated carbocycles. The highest BCUT2D eigenvalue weighted by atomic mass is 16.5. The molecule has 124 valence electrons. The van der Waals surface area contributed by atoms with Crippen molar-refractivity contribution in [2.75, 3.05) is 6.61 Å². The summed E-state index contributed by atoms with van der Waals surface area (Å²) in [4.78, 5) is 13.0. The van der Waals surface area contributed by atoms with E-state index in [9.17, 15) is 4.79 Å². The van der Waals surface area contributed by atoms with Gasteiger partial charge in [-0.15, -0.1) is 0 Å². The number of fused-ring (bicyclic) bond motifs is 2. The van der Waals surface area contributed by atoms with E-state index in [-0.39, 0.29) is 5.78 Å². The van der Waals surface area contributed by atoms with Crippen LogP contribution in [-0.2, 0) is 6.42 Å². The zero-order valence-corrected chi connectivity index (χ0v) is 14.0. The van der Waals surface area contributed by atoms with Gasteiger partial charge in [0, 0.05) is 17.5 Å². The van der Waals surface area contributed by atoms with Gasteiger partial charge in [-0.1, -0.05) is 48.5 Å². The van der Waals surface area contributed by atoms with Crippen LogP contribution in [-0.4, -0.2) is 12.4 Å². The van der Waals surface area contributed by atoms with Gasteiger partial charge in [0.1, 0.15) is 17.2 Å². The van der Waals surface area contributed by atoms with E-state index in [0.29, 0.717) is 29.9 Å². The predicted molar refractivity (Wildman–Crippen MR) is 96.8 cm³/mol. The maximum atomic E-state index is 13.0. The van der Waals surface area contributed by atoms with Gasteiger partial charge in [0.15, 0.2) is 5.78 Å². The molecule has 3 aromatic rings. The van der Waals surface area contributed by atoms with Crippen LogP contribution in [0, 0.1) is 0 Å². The molecule has 3 nitrogen and oxygen atoms in total. The first-order valence-corrected chi connectivity index (χ1v) is 8.42. The fraction of sp³-hybridized carbons (Fsp3) is 0.136. The van der Waals surface area contributed by atoms with Crippen LogP contribution >= 0.6 is 0 Å². The van der Waals surface area contributed by atoms with Gasteiger partial charge in [-0.3, -0.25) is 4.79 Å². The molecule has 0 aliphatic carbocycles. The van der Waals surface area contributed by atoms with Crippen LogP contribution in [0.25, 0.3) is 0 Å². The molecule has 1 aliphatic heterocycles. The van der Waals surface area contributed by atoms with Crippen molar-refractivity contribution in [1.82, 2.24) is 0 Å². The largest absolute Gasteiger partial charge is 0.493 e. The van der Waals surface area contributed by atoms with Crippen molar-refractivity contribution in [3.8, 4) is 17.2 Å². The van der Waals surface area contributed by atoms with Crippen molar-refractivity contribution in [3.05, 3.63) is 89.0 Å². The zero-order valence-electron chi connectivity index (χ0n) is 14.0. The Morgan fingerprint density at radius 2 is 1.72 bits per heavy atom. The van der Waals surface area contributed by atoms with E-state index in [2.05, 4.69) is 0 Å². The molecule has 0 saturated heterocycles.